The Bertz CT molecular complexity index is 278. The lowest BCUT2D eigenvalue weighted by Crippen LogP contribution is -2.18. The fourth-order valence-corrected chi connectivity index (χ4v) is 0.927. The van der Waals surface area contributed by atoms with Crippen molar-refractivity contribution in [1.29, 1.82) is 0 Å². The van der Waals surface area contributed by atoms with E-state index in [1.165, 1.54) is 13.0 Å². The standard InChI is InChI=1S/C8H10BFNO/c1-5(12)8-6(10)3-4-7(9-2)11-8/h3-5,12H,1-2H3/t5-/m0/s1. The van der Waals surface area contributed by atoms with Crippen LogP contribution in [0.1, 0.15) is 18.7 Å². The Labute approximate surface area is 71.7 Å². The van der Waals surface area contributed by atoms with Crippen LogP contribution in [-0.2, 0) is 0 Å². The van der Waals surface area contributed by atoms with Gasteiger partial charge < -0.3 is 5.11 Å². The summed E-state index contributed by atoms with van der Waals surface area (Å²) in [4.78, 5) is 3.91. The van der Waals surface area contributed by atoms with Gasteiger partial charge in [-0.1, -0.05) is 6.82 Å². The van der Waals surface area contributed by atoms with Gasteiger partial charge in [-0.05, 0) is 24.6 Å². The van der Waals surface area contributed by atoms with Crippen molar-refractivity contribution in [1.82, 2.24) is 4.98 Å². The summed E-state index contributed by atoms with van der Waals surface area (Å²) < 4.78 is 12.9. The molecule has 4 heteroatoms. The van der Waals surface area contributed by atoms with Gasteiger partial charge in [-0.2, -0.15) is 0 Å². The molecule has 1 aromatic rings. The maximum Gasteiger partial charge on any atom is 0.174 e. The lowest BCUT2D eigenvalue weighted by molar-refractivity contribution is 0.189. The zero-order chi connectivity index (χ0) is 9.14. The van der Waals surface area contributed by atoms with Crippen molar-refractivity contribution >= 4 is 12.9 Å². The molecule has 0 aliphatic carbocycles. The van der Waals surface area contributed by atoms with E-state index in [4.69, 9.17) is 5.11 Å². The number of halogens is 1. The molecule has 1 aromatic heterocycles. The highest BCUT2D eigenvalue weighted by molar-refractivity contribution is 6.50. The van der Waals surface area contributed by atoms with Crippen LogP contribution >= 0.6 is 0 Å². The maximum atomic E-state index is 12.9. The first kappa shape index (κ1) is 9.19. The van der Waals surface area contributed by atoms with Crippen molar-refractivity contribution in [2.45, 2.75) is 19.9 Å². The van der Waals surface area contributed by atoms with E-state index in [9.17, 15) is 4.39 Å². The van der Waals surface area contributed by atoms with Crippen LogP contribution in [0.2, 0.25) is 6.82 Å². The predicted molar refractivity (Wildman–Crippen MR) is 46.1 cm³/mol. The number of rotatable bonds is 2. The van der Waals surface area contributed by atoms with Crippen molar-refractivity contribution < 1.29 is 9.50 Å². The molecule has 0 spiro atoms. The van der Waals surface area contributed by atoms with E-state index in [1.54, 1.807) is 13.3 Å². The fourth-order valence-electron chi connectivity index (χ4n) is 0.927. The molecule has 1 atom stereocenters. The first-order valence-electron chi connectivity index (χ1n) is 3.79. The Hall–Kier alpha value is -0.895. The van der Waals surface area contributed by atoms with E-state index in [2.05, 4.69) is 4.98 Å². The lowest BCUT2D eigenvalue weighted by atomic mass is 9.77. The maximum absolute atomic E-state index is 12.9. The smallest absolute Gasteiger partial charge is 0.174 e. The number of hydrogen-bond donors (Lipinski definition) is 1. The molecule has 1 rings (SSSR count). The summed E-state index contributed by atoms with van der Waals surface area (Å²) in [5, 5.41) is 9.11. The highest BCUT2D eigenvalue weighted by Crippen LogP contribution is 2.10. The summed E-state index contributed by atoms with van der Waals surface area (Å²) >= 11 is 0. The second-order valence-corrected chi connectivity index (χ2v) is 2.57. The molecule has 12 heavy (non-hydrogen) atoms. The molecule has 2 nitrogen and oxygen atoms in total. The van der Waals surface area contributed by atoms with Crippen molar-refractivity contribution in [3.63, 3.8) is 0 Å². The molecular formula is C8H10BFNO. The molecule has 1 N–H and O–H groups in total. The molecule has 0 aliphatic heterocycles. The van der Waals surface area contributed by atoms with Gasteiger partial charge in [0.1, 0.15) is 11.5 Å². The van der Waals surface area contributed by atoms with Crippen molar-refractivity contribution in [3.05, 3.63) is 23.6 Å². The van der Waals surface area contributed by atoms with Crippen LogP contribution in [0.15, 0.2) is 12.1 Å². The lowest BCUT2D eigenvalue weighted by Gasteiger charge is -2.06. The highest BCUT2D eigenvalue weighted by atomic mass is 19.1. The quantitative estimate of drug-likeness (QED) is 0.654. The topological polar surface area (TPSA) is 33.1 Å². The second-order valence-electron chi connectivity index (χ2n) is 2.57. The van der Waals surface area contributed by atoms with Gasteiger partial charge in [-0.15, -0.1) is 0 Å². The Morgan fingerprint density at radius 2 is 2.25 bits per heavy atom. The van der Waals surface area contributed by atoms with Gasteiger partial charge in [0.25, 0.3) is 0 Å². The molecule has 0 amide bonds. The Morgan fingerprint density at radius 3 is 2.75 bits per heavy atom. The number of aliphatic hydroxyl groups is 1. The minimum atomic E-state index is -0.857. The van der Waals surface area contributed by atoms with Crippen LogP contribution in [-0.4, -0.2) is 17.4 Å². The van der Waals surface area contributed by atoms with E-state index in [-0.39, 0.29) is 5.69 Å². The number of hydrogen-bond acceptors (Lipinski definition) is 2. The first-order chi connectivity index (χ1) is 5.65. The van der Waals surface area contributed by atoms with Crippen LogP contribution in [0.4, 0.5) is 4.39 Å². The Kier molecular flexibility index (Phi) is 2.81. The van der Waals surface area contributed by atoms with Gasteiger partial charge >= 0.3 is 0 Å². The van der Waals surface area contributed by atoms with E-state index in [1.807, 2.05) is 6.82 Å². The molecule has 0 saturated carbocycles. The summed E-state index contributed by atoms with van der Waals surface area (Å²) in [6.07, 6.45) is -0.857. The molecule has 1 heterocycles. The van der Waals surface area contributed by atoms with Gasteiger partial charge in [0, 0.05) is 0 Å². The van der Waals surface area contributed by atoms with Crippen molar-refractivity contribution in [2.75, 3.05) is 0 Å². The third kappa shape index (κ3) is 1.82. The van der Waals surface area contributed by atoms with E-state index >= 15 is 0 Å². The molecule has 0 saturated heterocycles. The molecule has 0 bridgehead atoms. The summed E-state index contributed by atoms with van der Waals surface area (Å²) in [5.74, 6) is -0.462. The predicted octanol–water partition coefficient (Wildman–Crippen LogP) is 0.652. The monoisotopic (exact) mass is 166 g/mol. The Balaban J connectivity index is 3.08. The van der Waals surface area contributed by atoms with E-state index in [0.717, 1.165) is 0 Å². The van der Waals surface area contributed by atoms with Gasteiger partial charge in [0.05, 0.1) is 6.10 Å². The van der Waals surface area contributed by atoms with Crippen molar-refractivity contribution in [2.24, 2.45) is 0 Å². The van der Waals surface area contributed by atoms with Gasteiger partial charge in [0.2, 0.25) is 0 Å². The van der Waals surface area contributed by atoms with Crippen LogP contribution in [0.3, 0.4) is 0 Å². The molecule has 0 aromatic carbocycles. The fraction of sp³-hybridized carbons (Fsp3) is 0.375. The highest BCUT2D eigenvalue weighted by Gasteiger charge is 2.09. The third-order valence-electron chi connectivity index (χ3n) is 1.59. The molecule has 1 radical (unpaired) electrons. The minimum Gasteiger partial charge on any atom is -0.387 e. The average molecular weight is 166 g/mol. The van der Waals surface area contributed by atoms with Gasteiger partial charge in [0.15, 0.2) is 7.28 Å². The molecule has 0 unspecified atom stereocenters. The van der Waals surface area contributed by atoms with Gasteiger partial charge in [-0.3, -0.25) is 4.98 Å². The third-order valence-corrected chi connectivity index (χ3v) is 1.59. The number of aromatic nitrogens is 1. The molecule has 0 aliphatic rings. The molecule has 0 fully saturated rings. The largest absolute Gasteiger partial charge is 0.387 e. The minimum absolute atomic E-state index is 0.102. The summed E-state index contributed by atoms with van der Waals surface area (Å²) in [6, 6.07) is 2.88. The second kappa shape index (κ2) is 3.67. The van der Waals surface area contributed by atoms with Crippen LogP contribution in [0, 0.1) is 5.82 Å². The zero-order valence-electron chi connectivity index (χ0n) is 7.08. The Morgan fingerprint density at radius 1 is 1.58 bits per heavy atom. The van der Waals surface area contributed by atoms with E-state index < -0.39 is 11.9 Å². The average Bonchev–Trinajstić information content (AvgIpc) is 2.05. The van der Waals surface area contributed by atoms with Crippen LogP contribution in [0.25, 0.3) is 0 Å². The van der Waals surface area contributed by atoms with Crippen LogP contribution in [0.5, 0.6) is 0 Å². The zero-order valence-corrected chi connectivity index (χ0v) is 7.08. The summed E-state index contributed by atoms with van der Waals surface area (Å²) in [7, 11) is 1.76. The molecular weight excluding hydrogens is 156 g/mol. The summed E-state index contributed by atoms with van der Waals surface area (Å²) in [5.41, 5.74) is 0.776. The summed E-state index contributed by atoms with van der Waals surface area (Å²) in [6.45, 7) is 3.30. The van der Waals surface area contributed by atoms with Gasteiger partial charge in [-0.25, -0.2) is 4.39 Å². The SMILES string of the molecule is C[B]c1ccc(F)c([C@H](C)O)n1. The van der Waals surface area contributed by atoms with E-state index in [0.29, 0.717) is 5.59 Å². The first-order valence-corrected chi connectivity index (χ1v) is 3.79. The number of pyridine rings is 1. The molecule has 63 valence electrons. The van der Waals surface area contributed by atoms with Crippen LogP contribution < -0.4 is 5.59 Å². The normalized spacial score (nSPS) is 12.7. The van der Waals surface area contributed by atoms with Crippen molar-refractivity contribution in [3.8, 4) is 0 Å². The number of aliphatic hydroxyl groups excluding tert-OH is 1. The number of nitrogens with zero attached hydrogens (tertiary/aromatic N) is 1.